The van der Waals surface area contributed by atoms with Crippen molar-refractivity contribution in [3.8, 4) is 0 Å². The summed E-state index contributed by atoms with van der Waals surface area (Å²) in [6.45, 7) is 8.04. The maximum Gasteiger partial charge on any atom is 0.108 e. The average Bonchev–Trinajstić information content (AvgIpc) is 3.14. The smallest absolute Gasteiger partial charge is 0.108 e. The fourth-order valence-corrected chi connectivity index (χ4v) is 3.02. The first-order chi connectivity index (χ1) is 8.13. The quantitative estimate of drug-likeness (QED) is 0.844. The molecule has 94 valence electrons. The zero-order valence-corrected chi connectivity index (χ0v) is 11.1. The number of rotatable bonds is 5. The van der Waals surface area contributed by atoms with Crippen LogP contribution in [0.3, 0.4) is 0 Å². The summed E-state index contributed by atoms with van der Waals surface area (Å²) < 4.78 is 5.92. The Balaban J connectivity index is 1.65. The molecule has 17 heavy (non-hydrogen) atoms. The van der Waals surface area contributed by atoms with Gasteiger partial charge in [-0.2, -0.15) is 0 Å². The summed E-state index contributed by atoms with van der Waals surface area (Å²) in [5.74, 6) is 3.69. The van der Waals surface area contributed by atoms with E-state index in [1.54, 1.807) is 0 Å². The van der Waals surface area contributed by atoms with Crippen LogP contribution in [0, 0.1) is 11.3 Å². The van der Waals surface area contributed by atoms with Crippen LogP contribution in [0.5, 0.6) is 0 Å². The standard InChI is InChI=1S/C15H23NO/c1-4-11-7-8-13(17-11)14-12(15(14,2)3)9-16-10-5-6-10/h7-8,10,12,14,16H,4-6,9H2,1-3H3. The monoisotopic (exact) mass is 233 g/mol. The van der Waals surface area contributed by atoms with Crippen molar-refractivity contribution in [2.24, 2.45) is 11.3 Å². The Morgan fingerprint density at radius 2 is 2.12 bits per heavy atom. The van der Waals surface area contributed by atoms with Crippen molar-refractivity contribution >= 4 is 0 Å². The summed E-state index contributed by atoms with van der Waals surface area (Å²) in [5, 5.41) is 3.65. The minimum Gasteiger partial charge on any atom is -0.466 e. The van der Waals surface area contributed by atoms with Gasteiger partial charge in [0.1, 0.15) is 11.5 Å². The van der Waals surface area contributed by atoms with Gasteiger partial charge in [0.15, 0.2) is 0 Å². The fraction of sp³-hybridized carbons (Fsp3) is 0.733. The Morgan fingerprint density at radius 3 is 2.71 bits per heavy atom. The molecule has 3 rings (SSSR count). The van der Waals surface area contributed by atoms with Crippen LogP contribution in [0.2, 0.25) is 0 Å². The third-order valence-corrected chi connectivity index (χ3v) is 4.59. The van der Waals surface area contributed by atoms with Crippen LogP contribution in [-0.4, -0.2) is 12.6 Å². The highest BCUT2D eigenvalue weighted by Gasteiger charge is 2.59. The minimum atomic E-state index is 0.407. The van der Waals surface area contributed by atoms with Crippen molar-refractivity contribution in [1.82, 2.24) is 5.32 Å². The molecule has 2 unspecified atom stereocenters. The molecule has 2 nitrogen and oxygen atoms in total. The lowest BCUT2D eigenvalue weighted by atomic mass is 10.1. The van der Waals surface area contributed by atoms with Crippen LogP contribution in [0.1, 0.15) is 51.1 Å². The predicted octanol–water partition coefficient (Wildman–Crippen LogP) is 3.33. The molecule has 0 radical (unpaired) electrons. The molecule has 0 saturated heterocycles. The Morgan fingerprint density at radius 1 is 1.35 bits per heavy atom. The predicted molar refractivity (Wildman–Crippen MR) is 69.1 cm³/mol. The molecule has 0 aromatic carbocycles. The lowest BCUT2D eigenvalue weighted by Gasteiger charge is -2.02. The van der Waals surface area contributed by atoms with Crippen molar-refractivity contribution in [1.29, 1.82) is 0 Å². The van der Waals surface area contributed by atoms with E-state index in [1.807, 2.05) is 0 Å². The molecule has 2 aliphatic carbocycles. The second kappa shape index (κ2) is 3.88. The number of hydrogen-bond donors (Lipinski definition) is 1. The largest absolute Gasteiger partial charge is 0.466 e. The van der Waals surface area contributed by atoms with Crippen LogP contribution < -0.4 is 5.32 Å². The van der Waals surface area contributed by atoms with E-state index in [1.165, 1.54) is 18.6 Å². The Kier molecular flexibility index (Phi) is 2.58. The van der Waals surface area contributed by atoms with Crippen molar-refractivity contribution < 1.29 is 4.42 Å². The van der Waals surface area contributed by atoms with Crippen LogP contribution in [0.4, 0.5) is 0 Å². The van der Waals surface area contributed by atoms with E-state index in [9.17, 15) is 0 Å². The topological polar surface area (TPSA) is 25.2 Å². The summed E-state index contributed by atoms with van der Waals surface area (Å²) in [6.07, 6.45) is 3.75. The molecule has 2 aliphatic rings. The van der Waals surface area contributed by atoms with Crippen molar-refractivity contribution in [3.05, 3.63) is 23.7 Å². The Labute approximate surface area is 104 Å². The van der Waals surface area contributed by atoms with Crippen LogP contribution in [0.25, 0.3) is 0 Å². The molecule has 1 aromatic heterocycles. The number of aryl methyl sites for hydroxylation is 1. The third kappa shape index (κ3) is 2.03. The summed E-state index contributed by atoms with van der Waals surface area (Å²) >= 11 is 0. The molecule has 1 heterocycles. The van der Waals surface area contributed by atoms with Gasteiger partial charge in [0, 0.05) is 18.4 Å². The van der Waals surface area contributed by atoms with Crippen LogP contribution >= 0.6 is 0 Å². The molecule has 0 spiro atoms. The lowest BCUT2D eigenvalue weighted by Crippen LogP contribution is -2.20. The van der Waals surface area contributed by atoms with Gasteiger partial charge in [-0.05, 0) is 42.9 Å². The molecule has 1 aromatic rings. The molecular formula is C15H23NO. The summed E-state index contributed by atoms with van der Waals surface area (Å²) in [5.41, 5.74) is 0.407. The van der Waals surface area contributed by atoms with Gasteiger partial charge in [-0.25, -0.2) is 0 Å². The second-order valence-corrected chi connectivity index (χ2v) is 6.25. The van der Waals surface area contributed by atoms with Crippen molar-refractivity contribution in [3.63, 3.8) is 0 Å². The second-order valence-electron chi connectivity index (χ2n) is 6.25. The number of nitrogens with one attached hydrogen (secondary N) is 1. The third-order valence-electron chi connectivity index (χ3n) is 4.59. The van der Waals surface area contributed by atoms with Crippen molar-refractivity contribution in [2.75, 3.05) is 6.54 Å². The maximum atomic E-state index is 5.92. The van der Waals surface area contributed by atoms with Gasteiger partial charge < -0.3 is 9.73 Å². The van der Waals surface area contributed by atoms with Gasteiger partial charge in [0.05, 0.1) is 0 Å². The van der Waals surface area contributed by atoms with Gasteiger partial charge >= 0.3 is 0 Å². The molecule has 1 N–H and O–H groups in total. The van der Waals surface area contributed by atoms with Gasteiger partial charge in [0.25, 0.3) is 0 Å². The van der Waals surface area contributed by atoms with E-state index in [0.29, 0.717) is 11.3 Å². The normalized spacial score (nSPS) is 30.5. The Bertz CT molecular complexity index is 403. The van der Waals surface area contributed by atoms with Crippen molar-refractivity contribution in [2.45, 2.75) is 52.0 Å². The van der Waals surface area contributed by atoms with Gasteiger partial charge in [-0.1, -0.05) is 20.8 Å². The van der Waals surface area contributed by atoms with E-state index in [4.69, 9.17) is 4.42 Å². The molecule has 0 aliphatic heterocycles. The molecule has 2 fully saturated rings. The summed E-state index contributed by atoms with van der Waals surface area (Å²) in [4.78, 5) is 0. The van der Waals surface area contributed by atoms with E-state index in [0.717, 1.165) is 30.7 Å². The van der Waals surface area contributed by atoms with E-state index < -0.39 is 0 Å². The average molecular weight is 233 g/mol. The molecular weight excluding hydrogens is 210 g/mol. The molecule has 2 atom stereocenters. The molecule has 2 saturated carbocycles. The van der Waals surface area contributed by atoms with Crippen LogP contribution in [-0.2, 0) is 6.42 Å². The highest BCUT2D eigenvalue weighted by Crippen LogP contribution is 2.64. The molecule has 0 bridgehead atoms. The maximum absolute atomic E-state index is 5.92. The lowest BCUT2D eigenvalue weighted by molar-refractivity contribution is 0.450. The minimum absolute atomic E-state index is 0.407. The first-order valence-electron chi connectivity index (χ1n) is 6.95. The first kappa shape index (κ1) is 11.3. The van der Waals surface area contributed by atoms with Gasteiger partial charge in [-0.15, -0.1) is 0 Å². The van der Waals surface area contributed by atoms with E-state index >= 15 is 0 Å². The van der Waals surface area contributed by atoms with E-state index in [2.05, 4.69) is 38.2 Å². The highest BCUT2D eigenvalue weighted by molar-refractivity contribution is 5.26. The zero-order valence-electron chi connectivity index (χ0n) is 11.1. The first-order valence-corrected chi connectivity index (χ1v) is 6.95. The zero-order chi connectivity index (χ0) is 12.0. The SMILES string of the molecule is CCc1ccc(C2C(CNC3CC3)C2(C)C)o1. The molecule has 0 amide bonds. The Hall–Kier alpha value is -0.760. The highest BCUT2D eigenvalue weighted by atomic mass is 16.3. The number of hydrogen-bond acceptors (Lipinski definition) is 2. The fourth-order valence-electron chi connectivity index (χ4n) is 3.02. The summed E-state index contributed by atoms with van der Waals surface area (Å²) in [7, 11) is 0. The van der Waals surface area contributed by atoms with E-state index in [-0.39, 0.29) is 0 Å². The molecule has 2 heteroatoms. The van der Waals surface area contributed by atoms with Gasteiger partial charge in [0.2, 0.25) is 0 Å². The van der Waals surface area contributed by atoms with Crippen LogP contribution in [0.15, 0.2) is 16.5 Å². The number of furan rings is 1. The van der Waals surface area contributed by atoms with Gasteiger partial charge in [-0.3, -0.25) is 0 Å². The summed E-state index contributed by atoms with van der Waals surface area (Å²) in [6, 6.07) is 5.13.